The van der Waals surface area contributed by atoms with E-state index in [4.69, 9.17) is 12.2 Å². The number of carbonyl (C=O) groups is 1. The Labute approximate surface area is 168 Å². The summed E-state index contributed by atoms with van der Waals surface area (Å²) in [6, 6.07) is 16.6. The first kappa shape index (κ1) is 18.2. The zero-order valence-corrected chi connectivity index (χ0v) is 16.1. The standard InChI is InChI=1S/C21H20N4O2S/c1-2-24-19(18(23-21(24)28)16-9-3-4-11-22-16)17-10-6-12-25(17)15-8-5-7-14(13-15)20(26)27/h3-13,18-19H,2H2,1H3,(H,23,28)(H,26,27)/t18-,19-/m0/s1. The number of carboxylic acids is 1. The van der Waals surface area contributed by atoms with Gasteiger partial charge < -0.3 is 19.9 Å². The molecule has 0 spiro atoms. The van der Waals surface area contributed by atoms with Crippen LogP contribution in [0, 0.1) is 0 Å². The first-order valence-electron chi connectivity index (χ1n) is 9.09. The number of nitrogens with zero attached hydrogens (tertiary/aromatic N) is 3. The van der Waals surface area contributed by atoms with E-state index in [2.05, 4.69) is 22.1 Å². The maximum Gasteiger partial charge on any atom is 0.335 e. The SMILES string of the molecule is CCN1C(=S)N[C@@H](c2ccccn2)[C@@H]1c1cccn1-c1cccc(C(=O)O)c1. The molecule has 3 aromatic rings. The van der Waals surface area contributed by atoms with Crippen LogP contribution in [0.25, 0.3) is 5.69 Å². The fourth-order valence-electron chi connectivity index (χ4n) is 3.73. The van der Waals surface area contributed by atoms with Crippen LogP contribution in [0.4, 0.5) is 0 Å². The van der Waals surface area contributed by atoms with Crippen LogP contribution in [-0.4, -0.2) is 37.2 Å². The highest BCUT2D eigenvalue weighted by molar-refractivity contribution is 7.80. The number of carboxylic acid groups (broad SMARTS) is 1. The zero-order valence-electron chi connectivity index (χ0n) is 15.3. The van der Waals surface area contributed by atoms with Crippen molar-refractivity contribution in [2.75, 3.05) is 6.54 Å². The molecule has 142 valence electrons. The zero-order chi connectivity index (χ0) is 19.7. The molecule has 7 heteroatoms. The van der Waals surface area contributed by atoms with E-state index >= 15 is 0 Å². The molecule has 28 heavy (non-hydrogen) atoms. The molecule has 2 N–H and O–H groups in total. The Bertz CT molecular complexity index is 1020. The van der Waals surface area contributed by atoms with Gasteiger partial charge in [0.25, 0.3) is 0 Å². The van der Waals surface area contributed by atoms with Crippen molar-refractivity contribution < 1.29 is 9.90 Å². The summed E-state index contributed by atoms with van der Waals surface area (Å²) in [6.45, 7) is 2.82. The van der Waals surface area contributed by atoms with Gasteiger partial charge in [-0.25, -0.2) is 4.79 Å². The van der Waals surface area contributed by atoms with Crippen LogP contribution in [0.5, 0.6) is 0 Å². The van der Waals surface area contributed by atoms with Gasteiger partial charge in [-0.1, -0.05) is 12.1 Å². The third kappa shape index (κ3) is 3.14. The maximum absolute atomic E-state index is 11.4. The highest BCUT2D eigenvalue weighted by Gasteiger charge is 2.40. The van der Waals surface area contributed by atoms with Crippen LogP contribution >= 0.6 is 12.2 Å². The van der Waals surface area contributed by atoms with Crippen molar-refractivity contribution in [2.45, 2.75) is 19.0 Å². The normalized spacial score (nSPS) is 18.9. The molecule has 6 nitrogen and oxygen atoms in total. The number of thiocarbonyl (C=S) groups is 1. The molecule has 1 aromatic carbocycles. The molecule has 0 saturated carbocycles. The molecule has 2 aromatic heterocycles. The third-order valence-electron chi connectivity index (χ3n) is 4.99. The molecule has 2 atom stereocenters. The van der Waals surface area contributed by atoms with Gasteiger partial charge in [-0.05, 0) is 61.6 Å². The lowest BCUT2D eigenvalue weighted by Crippen LogP contribution is -2.30. The van der Waals surface area contributed by atoms with Crippen LogP contribution in [0.3, 0.4) is 0 Å². The van der Waals surface area contributed by atoms with Crippen LogP contribution in [0.2, 0.25) is 0 Å². The summed E-state index contributed by atoms with van der Waals surface area (Å²) in [7, 11) is 0. The van der Waals surface area contributed by atoms with Gasteiger partial charge in [-0.15, -0.1) is 0 Å². The number of aromatic nitrogens is 2. The third-order valence-corrected chi connectivity index (χ3v) is 5.35. The smallest absolute Gasteiger partial charge is 0.335 e. The largest absolute Gasteiger partial charge is 0.478 e. The van der Waals surface area contributed by atoms with Gasteiger partial charge in [0.05, 0.1) is 23.3 Å². The monoisotopic (exact) mass is 392 g/mol. The Hall–Kier alpha value is -3.19. The second-order valence-electron chi connectivity index (χ2n) is 6.57. The lowest BCUT2D eigenvalue weighted by molar-refractivity contribution is 0.0697. The predicted octanol–water partition coefficient (Wildman–Crippen LogP) is 3.56. The van der Waals surface area contributed by atoms with E-state index in [1.807, 2.05) is 47.2 Å². The minimum atomic E-state index is -0.944. The average molecular weight is 392 g/mol. The van der Waals surface area contributed by atoms with E-state index in [1.165, 1.54) is 0 Å². The molecule has 0 radical (unpaired) electrons. The number of rotatable bonds is 5. The molecule has 0 aliphatic carbocycles. The number of benzene rings is 1. The number of hydrogen-bond donors (Lipinski definition) is 2. The highest BCUT2D eigenvalue weighted by Crippen LogP contribution is 2.39. The van der Waals surface area contributed by atoms with Gasteiger partial charge >= 0.3 is 5.97 Å². The summed E-state index contributed by atoms with van der Waals surface area (Å²) in [5.74, 6) is -0.944. The molecule has 0 bridgehead atoms. The molecule has 1 aliphatic rings. The molecule has 3 heterocycles. The van der Waals surface area contributed by atoms with Gasteiger partial charge in [0.15, 0.2) is 5.11 Å². The second kappa shape index (κ2) is 7.44. The summed E-state index contributed by atoms with van der Waals surface area (Å²) in [5, 5.41) is 13.4. The molecular weight excluding hydrogens is 372 g/mol. The van der Waals surface area contributed by atoms with E-state index in [0.29, 0.717) is 5.11 Å². The van der Waals surface area contributed by atoms with E-state index < -0.39 is 5.97 Å². The van der Waals surface area contributed by atoms with Crippen LogP contribution in [0.15, 0.2) is 67.0 Å². The van der Waals surface area contributed by atoms with Crippen LogP contribution in [0.1, 0.15) is 40.8 Å². The first-order valence-corrected chi connectivity index (χ1v) is 9.50. The van der Waals surface area contributed by atoms with Crippen molar-refractivity contribution in [3.8, 4) is 5.69 Å². The Kier molecular flexibility index (Phi) is 4.83. The maximum atomic E-state index is 11.4. The van der Waals surface area contributed by atoms with Gasteiger partial charge in [0.1, 0.15) is 0 Å². The molecule has 1 aliphatic heterocycles. The Balaban J connectivity index is 1.81. The highest BCUT2D eigenvalue weighted by atomic mass is 32.1. The van der Waals surface area contributed by atoms with Crippen molar-refractivity contribution in [3.63, 3.8) is 0 Å². The predicted molar refractivity (Wildman–Crippen MR) is 111 cm³/mol. The summed E-state index contributed by atoms with van der Waals surface area (Å²) >= 11 is 5.58. The van der Waals surface area contributed by atoms with Crippen molar-refractivity contribution in [1.82, 2.24) is 19.8 Å². The fraction of sp³-hybridized carbons (Fsp3) is 0.190. The van der Waals surface area contributed by atoms with E-state index in [9.17, 15) is 9.90 Å². The Morgan fingerprint density at radius 2 is 2.07 bits per heavy atom. The van der Waals surface area contributed by atoms with E-state index in [1.54, 1.807) is 24.4 Å². The van der Waals surface area contributed by atoms with Gasteiger partial charge in [0.2, 0.25) is 0 Å². The lowest BCUT2D eigenvalue weighted by Gasteiger charge is -2.28. The topological polar surface area (TPSA) is 70.4 Å². The number of aromatic carboxylic acids is 1. The fourth-order valence-corrected chi connectivity index (χ4v) is 4.10. The molecule has 4 rings (SSSR count). The number of pyridine rings is 1. The summed E-state index contributed by atoms with van der Waals surface area (Å²) < 4.78 is 2.02. The number of hydrogen-bond acceptors (Lipinski definition) is 3. The minimum absolute atomic E-state index is 0.0594. The summed E-state index contributed by atoms with van der Waals surface area (Å²) in [4.78, 5) is 18.1. The van der Waals surface area contributed by atoms with Crippen molar-refractivity contribution in [1.29, 1.82) is 0 Å². The molecule has 0 amide bonds. The van der Waals surface area contributed by atoms with Gasteiger partial charge in [-0.2, -0.15) is 0 Å². The van der Waals surface area contributed by atoms with E-state index in [0.717, 1.165) is 23.6 Å². The quantitative estimate of drug-likeness (QED) is 0.647. The van der Waals surface area contributed by atoms with Crippen molar-refractivity contribution in [3.05, 3.63) is 83.9 Å². The molecular formula is C21H20N4O2S. The van der Waals surface area contributed by atoms with Crippen molar-refractivity contribution >= 4 is 23.3 Å². The summed E-state index contributed by atoms with van der Waals surface area (Å²) in [5.41, 5.74) is 2.99. The average Bonchev–Trinajstić information content (AvgIpc) is 3.32. The second-order valence-corrected chi connectivity index (χ2v) is 6.96. The molecule has 1 saturated heterocycles. The Morgan fingerprint density at radius 3 is 2.79 bits per heavy atom. The lowest BCUT2D eigenvalue weighted by atomic mass is 10.0. The summed E-state index contributed by atoms with van der Waals surface area (Å²) in [6.07, 6.45) is 3.72. The van der Waals surface area contributed by atoms with Crippen LogP contribution in [-0.2, 0) is 0 Å². The van der Waals surface area contributed by atoms with Gasteiger partial charge in [-0.3, -0.25) is 4.98 Å². The minimum Gasteiger partial charge on any atom is -0.478 e. The van der Waals surface area contributed by atoms with Gasteiger partial charge in [0, 0.05) is 30.3 Å². The molecule has 0 unspecified atom stereocenters. The molecule has 1 fully saturated rings. The van der Waals surface area contributed by atoms with Crippen molar-refractivity contribution in [2.24, 2.45) is 0 Å². The number of likely N-dealkylation sites (N-methyl/N-ethyl adjacent to an activating group) is 1. The first-order chi connectivity index (χ1) is 13.6. The van der Waals surface area contributed by atoms with E-state index in [-0.39, 0.29) is 17.6 Å². The Morgan fingerprint density at radius 1 is 1.21 bits per heavy atom. The number of nitrogens with one attached hydrogen (secondary N) is 1. The van der Waals surface area contributed by atoms with Crippen LogP contribution < -0.4 is 5.32 Å².